The second-order valence-electron chi connectivity index (χ2n) is 5.68. The Morgan fingerprint density at radius 1 is 1.19 bits per heavy atom. The normalized spacial score (nSPS) is 11.9. The Morgan fingerprint density at radius 2 is 1.92 bits per heavy atom. The molecule has 7 heteroatoms. The van der Waals surface area contributed by atoms with Crippen LogP contribution >= 0.6 is 11.8 Å². The maximum atomic E-state index is 11.3. The van der Waals surface area contributed by atoms with Gasteiger partial charge in [-0.05, 0) is 43.3 Å². The summed E-state index contributed by atoms with van der Waals surface area (Å²) in [6.45, 7) is 1.68. The Kier molecular flexibility index (Phi) is 6.04. The number of aromatic nitrogens is 3. The summed E-state index contributed by atoms with van der Waals surface area (Å²) in [6, 6.07) is 16.7. The second kappa shape index (κ2) is 8.64. The predicted octanol–water partition coefficient (Wildman–Crippen LogP) is 3.00. The van der Waals surface area contributed by atoms with E-state index in [0.717, 1.165) is 5.69 Å². The fourth-order valence-corrected chi connectivity index (χ4v) is 3.12. The Bertz CT molecular complexity index is 850. The number of aliphatic hydroxyl groups is 1. The molecule has 134 valence electrons. The lowest BCUT2D eigenvalue weighted by Crippen LogP contribution is -2.20. The third-order valence-corrected chi connectivity index (χ3v) is 4.75. The summed E-state index contributed by atoms with van der Waals surface area (Å²) in [4.78, 5) is 11.3. The van der Waals surface area contributed by atoms with Crippen molar-refractivity contribution in [1.82, 2.24) is 14.8 Å². The number of nitrogens with zero attached hydrogens (tertiary/aromatic N) is 3. The molecule has 1 N–H and O–H groups in total. The number of rotatable bonds is 8. The van der Waals surface area contributed by atoms with Gasteiger partial charge < -0.3 is 9.84 Å². The van der Waals surface area contributed by atoms with E-state index in [0.29, 0.717) is 22.2 Å². The van der Waals surface area contributed by atoms with Crippen LogP contribution in [0.1, 0.15) is 17.3 Å². The van der Waals surface area contributed by atoms with Crippen LogP contribution in [0.3, 0.4) is 0 Å². The van der Waals surface area contributed by atoms with Crippen molar-refractivity contribution < 1.29 is 14.6 Å². The first-order valence-electron chi connectivity index (χ1n) is 8.13. The Morgan fingerprint density at radius 3 is 2.62 bits per heavy atom. The van der Waals surface area contributed by atoms with E-state index >= 15 is 0 Å². The van der Waals surface area contributed by atoms with Crippen LogP contribution in [0.2, 0.25) is 0 Å². The number of carbonyl (C=O) groups is 1. The molecule has 0 aliphatic rings. The van der Waals surface area contributed by atoms with Gasteiger partial charge in [0.1, 0.15) is 18.7 Å². The third kappa shape index (κ3) is 4.71. The molecule has 3 aromatic rings. The monoisotopic (exact) mass is 369 g/mol. The number of thioether (sulfide) groups is 1. The smallest absolute Gasteiger partial charge is 0.195 e. The summed E-state index contributed by atoms with van der Waals surface area (Å²) in [5.74, 6) is 1.05. The van der Waals surface area contributed by atoms with Gasteiger partial charge in [-0.25, -0.2) is 0 Å². The van der Waals surface area contributed by atoms with Crippen molar-refractivity contribution in [3.05, 3.63) is 66.5 Å². The van der Waals surface area contributed by atoms with Crippen LogP contribution in [-0.2, 0) is 0 Å². The molecule has 0 aliphatic carbocycles. The van der Waals surface area contributed by atoms with Crippen LogP contribution in [0.15, 0.2) is 66.1 Å². The summed E-state index contributed by atoms with van der Waals surface area (Å²) in [7, 11) is 0. The van der Waals surface area contributed by atoms with Crippen molar-refractivity contribution >= 4 is 17.5 Å². The molecule has 0 amide bonds. The molecule has 1 heterocycles. The molecule has 3 rings (SSSR count). The van der Waals surface area contributed by atoms with E-state index in [1.165, 1.54) is 18.7 Å². The topological polar surface area (TPSA) is 77.2 Å². The molecule has 6 nitrogen and oxygen atoms in total. The molecular weight excluding hydrogens is 350 g/mol. The van der Waals surface area contributed by atoms with E-state index in [-0.39, 0.29) is 12.4 Å². The molecule has 0 aliphatic heterocycles. The average Bonchev–Trinajstić information content (AvgIpc) is 3.14. The number of benzene rings is 2. The number of carbonyl (C=O) groups excluding carboxylic acids is 1. The summed E-state index contributed by atoms with van der Waals surface area (Å²) >= 11 is 1.41. The lowest BCUT2D eigenvalue weighted by molar-refractivity contribution is 0.101. The minimum Gasteiger partial charge on any atom is -0.491 e. The van der Waals surface area contributed by atoms with E-state index in [4.69, 9.17) is 4.74 Å². The van der Waals surface area contributed by atoms with Crippen molar-refractivity contribution in [1.29, 1.82) is 0 Å². The van der Waals surface area contributed by atoms with Crippen LogP contribution in [0, 0.1) is 0 Å². The zero-order chi connectivity index (χ0) is 18.4. The van der Waals surface area contributed by atoms with Crippen molar-refractivity contribution in [3.63, 3.8) is 0 Å². The largest absolute Gasteiger partial charge is 0.491 e. The summed E-state index contributed by atoms with van der Waals surface area (Å²) < 4.78 is 7.44. The van der Waals surface area contributed by atoms with E-state index in [9.17, 15) is 9.90 Å². The maximum absolute atomic E-state index is 11.3. The van der Waals surface area contributed by atoms with Crippen LogP contribution in [-0.4, -0.2) is 44.1 Å². The van der Waals surface area contributed by atoms with Gasteiger partial charge in [0.2, 0.25) is 0 Å². The predicted molar refractivity (Wildman–Crippen MR) is 100 cm³/mol. The lowest BCUT2D eigenvalue weighted by Gasteiger charge is -2.12. The molecule has 26 heavy (non-hydrogen) atoms. The van der Waals surface area contributed by atoms with E-state index in [1.807, 2.05) is 34.9 Å². The summed E-state index contributed by atoms with van der Waals surface area (Å²) in [5, 5.41) is 18.9. The third-order valence-electron chi connectivity index (χ3n) is 3.66. The minimum absolute atomic E-state index is 0.00973. The molecule has 0 fully saturated rings. The molecule has 0 spiro atoms. The van der Waals surface area contributed by atoms with Gasteiger partial charge in [0.25, 0.3) is 0 Å². The first-order chi connectivity index (χ1) is 12.6. The summed E-state index contributed by atoms with van der Waals surface area (Å²) in [5.41, 5.74) is 1.60. The minimum atomic E-state index is -0.659. The van der Waals surface area contributed by atoms with Crippen LogP contribution in [0.5, 0.6) is 5.75 Å². The molecule has 1 unspecified atom stereocenters. The highest BCUT2D eigenvalue weighted by Gasteiger charge is 2.11. The first-order valence-corrected chi connectivity index (χ1v) is 9.12. The molecular formula is C19H19N3O3S. The standard InChI is InChI=1S/C19H19N3O3S/c1-14(23)15-7-9-18(10-8-15)25-11-17(24)12-26-19-21-20-13-22(19)16-5-3-2-4-6-16/h2-10,13,17,24H,11-12H2,1H3. The SMILES string of the molecule is CC(=O)c1ccc(OCC(O)CSc2nncn2-c2ccccc2)cc1. The highest BCUT2D eigenvalue weighted by Crippen LogP contribution is 2.20. The number of ether oxygens (including phenoxy) is 1. The number of ketones is 1. The molecule has 0 radical (unpaired) electrons. The molecule has 0 saturated carbocycles. The van der Waals surface area contributed by atoms with Crippen molar-refractivity contribution in [2.45, 2.75) is 18.2 Å². The number of hydrogen-bond donors (Lipinski definition) is 1. The van der Waals surface area contributed by atoms with Gasteiger partial charge in [0.15, 0.2) is 10.9 Å². The van der Waals surface area contributed by atoms with Gasteiger partial charge >= 0.3 is 0 Å². The van der Waals surface area contributed by atoms with Crippen LogP contribution in [0.4, 0.5) is 0 Å². The van der Waals surface area contributed by atoms with E-state index in [2.05, 4.69) is 10.2 Å². The Labute approximate surface area is 155 Å². The number of Topliss-reactive ketones (excluding diaryl/α,β-unsaturated/α-hetero) is 1. The van der Waals surface area contributed by atoms with E-state index in [1.54, 1.807) is 30.6 Å². The van der Waals surface area contributed by atoms with Gasteiger partial charge in [-0.15, -0.1) is 10.2 Å². The van der Waals surface area contributed by atoms with E-state index < -0.39 is 6.10 Å². The first kappa shape index (κ1) is 18.2. The highest BCUT2D eigenvalue weighted by atomic mass is 32.2. The molecule has 0 bridgehead atoms. The number of aliphatic hydroxyl groups excluding tert-OH is 1. The molecule has 2 aromatic carbocycles. The quantitative estimate of drug-likeness (QED) is 0.486. The van der Waals surface area contributed by atoms with Gasteiger partial charge in [-0.3, -0.25) is 9.36 Å². The average molecular weight is 369 g/mol. The fourth-order valence-electron chi connectivity index (χ4n) is 2.29. The van der Waals surface area contributed by atoms with Crippen LogP contribution in [0.25, 0.3) is 5.69 Å². The van der Waals surface area contributed by atoms with Gasteiger partial charge in [-0.2, -0.15) is 0 Å². The van der Waals surface area contributed by atoms with Crippen molar-refractivity contribution in [2.24, 2.45) is 0 Å². The zero-order valence-corrected chi connectivity index (χ0v) is 15.1. The fraction of sp³-hybridized carbons (Fsp3) is 0.211. The Hall–Kier alpha value is -2.64. The maximum Gasteiger partial charge on any atom is 0.195 e. The molecule has 0 saturated heterocycles. The van der Waals surface area contributed by atoms with Gasteiger partial charge in [0, 0.05) is 17.0 Å². The Balaban J connectivity index is 1.51. The zero-order valence-electron chi connectivity index (χ0n) is 14.3. The van der Waals surface area contributed by atoms with Gasteiger partial charge in [0.05, 0.1) is 6.10 Å². The van der Waals surface area contributed by atoms with Crippen molar-refractivity contribution in [3.8, 4) is 11.4 Å². The molecule has 1 aromatic heterocycles. The number of para-hydroxylation sites is 1. The lowest BCUT2D eigenvalue weighted by atomic mass is 10.1. The number of hydrogen-bond acceptors (Lipinski definition) is 6. The van der Waals surface area contributed by atoms with Crippen molar-refractivity contribution in [2.75, 3.05) is 12.4 Å². The summed E-state index contributed by atoms with van der Waals surface area (Å²) in [6.07, 6.45) is 0.991. The molecule has 1 atom stereocenters. The van der Waals surface area contributed by atoms with Gasteiger partial charge in [-0.1, -0.05) is 30.0 Å². The highest BCUT2D eigenvalue weighted by molar-refractivity contribution is 7.99. The second-order valence-corrected chi connectivity index (χ2v) is 6.66. The van der Waals surface area contributed by atoms with Crippen LogP contribution < -0.4 is 4.74 Å².